The van der Waals surface area contributed by atoms with Crippen LogP contribution in [0, 0.1) is 5.92 Å². The third-order valence-electron chi connectivity index (χ3n) is 6.06. The molecule has 7 heteroatoms. The number of piperidine rings is 1. The number of nitrogens with one attached hydrogen (secondary N) is 2. The number of nitrogens with zero attached hydrogens (tertiary/aromatic N) is 4. The van der Waals surface area contributed by atoms with Gasteiger partial charge in [0.2, 0.25) is 5.91 Å². The zero-order chi connectivity index (χ0) is 20.2. The van der Waals surface area contributed by atoms with Crippen molar-refractivity contribution in [1.82, 2.24) is 25.3 Å². The van der Waals surface area contributed by atoms with Crippen molar-refractivity contribution in [2.24, 2.45) is 10.9 Å². The van der Waals surface area contributed by atoms with Gasteiger partial charge in [0.1, 0.15) is 0 Å². The third kappa shape index (κ3) is 7.95. The highest BCUT2D eigenvalue weighted by Gasteiger charge is 2.23. The molecule has 0 radical (unpaired) electrons. The molecule has 0 aromatic heterocycles. The number of hydrogen-bond acceptors (Lipinski definition) is 4. The van der Waals surface area contributed by atoms with Crippen molar-refractivity contribution in [3.63, 3.8) is 0 Å². The molecule has 162 valence electrons. The standard InChI is InChI=1S/C21H42N6O/c1-4-23-21(27-12-8-19(9-13-27)18-20(28)22-3)24-10-6-7-11-26-16-14-25(5-2)15-17-26/h19H,4-18H2,1-3H3,(H,22,28)(H,23,24). The Bertz CT molecular complexity index is 468. The van der Waals surface area contributed by atoms with Crippen molar-refractivity contribution >= 4 is 11.9 Å². The first kappa shape index (κ1) is 22.9. The van der Waals surface area contributed by atoms with Gasteiger partial charge in [-0.05, 0) is 51.6 Å². The molecule has 0 saturated carbocycles. The van der Waals surface area contributed by atoms with E-state index < -0.39 is 0 Å². The third-order valence-corrected chi connectivity index (χ3v) is 6.06. The van der Waals surface area contributed by atoms with Gasteiger partial charge in [-0.25, -0.2) is 0 Å². The SMILES string of the molecule is CCNC(=NCCCCN1CCN(CC)CC1)N1CCC(CC(=O)NC)CC1. The molecule has 0 aliphatic carbocycles. The average Bonchev–Trinajstić information content (AvgIpc) is 2.73. The van der Waals surface area contributed by atoms with Gasteiger partial charge in [0, 0.05) is 65.8 Å². The number of carbonyl (C=O) groups excluding carboxylic acids is 1. The summed E-state index contributed by atoms with van der Waals surface area (Å²) in [6.07, 6.45) is 5.17. The molecule has 2 saturated heterocycles. The molecule has 7 nitrogen and oxygen atoms in total. The summed E-state index contributed by atoms with van der Waals surface area (Å²) in [5.74, 6) is 1.72. The number of hydrogen-bond donors (Lipinski definition) is 2. The Labute approximate surface area is 171 Å². The van der Waals surface area contributed by atoms with Gasteiger partial charge in [-0.3, -0.25) is 9.79 Å². The predicted octanol–water partition coefficient (Wildman–Crippen LogP) is 1.22. The fourth-order valence-electron chi connectivity index (χ4n) is 4.10. The highest BCUT2D eigenvalue weighted by molar-refractivity contribution is 5.80. The lowest BCUT2D eigenvalue weighted by atomic mass is 9.93. The molecule has 0 atom stereocenters. The van der Waals surface area contributed by atoms with Crippen LogP contribution in [0.1, 0.15) is 46.0 Å². The molecule has 0 aromatic rings. The first-order valence-electron chi connectivity index (χ1n) is 11.3. The Balaban J connectivity index is 1.66. The lowest BCUT2D eigenvalue weighted by Crippen LogP contribution is -2.46. The number of guanidine groups is 1. The van der Waals surface area contributed by atoms with Crippen LogP contribution in [0.2, 0.25) is 0 Å². The fraction of sp³-hybridized carbons (Fsp3) is 0.905. The topological polar surface area (TPSA) is 63.2 Å². The van der Waals surface area contributed by atoms with Gasteiger partial charge >= 0.3 is 0 Å². The largest absolute Gasteiger partial charge is 0.359 e. The summed E-state index contributed by atoms with van der Waals surface area (Å²) >= 11 is 0. The Morgan fingerprint density at radius 3 is 2.29 bits per heavy atom. The van der Waals surface area contributed by atoms with E-state index >= 15 is 0 Å². The Morgan fingerprint density at radius 2 is 1.68 bits per heavy atom. The van der Waals surface area contributed by atoms with Crippen molar-refractivity contribution in [3.8, 4) is 0 Å². The minimum absolute atomic E-state index is 0.162. The van der Waals surface area contributed by atoms with Crippen molar-refractivity contribution in [3.05, 3.63) is 0 Å². The molecular formula is C21H42N6O. The van der Waals surface area contributed by atoms with Gasteiger partial charge < -0.3 is 25.3 Å². The van der Waals surface area contributed by atoms with Crippen LogP contribution in [-0.2, 0) is 4.79 Å². The van der Waals surface area contributed by atoms with Crippen LogP contribution in [0.15, 0.2) is 4.99 Å². The summed E-state index contributed by atoms with van der Waals surface area (Å²) in [4.78, 5) is 23.9. The second kappa shape index (κ2) is 13.0. The molecule has 0 spiro atoms. The van der Waals surface area contributed by atoms with Crippen LogP contribution in [0.5, 0.6) is 0 Å². The first-order chi connectivity index (χ1) is 13.7. The molecule has 0 unspecified atom stereocenters. The molecule has 2 aliphatic heterocycles. The Hall–Kier alpha value is -1.34. The van der Waals surface area contributed by atoms with Gasteiger partial charge in [-0.1, -0.05) is 6.92 Å². The predicted molar refractivity (Wildman–Crippen MR) is 117 cm³/mol. The average molecular weight is 395 g/mol. The maximum Gasteiger partial charge on any atom is 0.220 e. The maximum absolute atomic E-state index is 11.6. The minimum Gasteiger partial charge on any atom is -0.359 e. The van der Waals surface area contributed by atoms with Crippen molar-refractivity contribution in [2.75, 3.05) is 72.5 Å². The molecule has 0 bridgehead atoms. The second-order valence-corrected chi connectivity index (χ2v) is 8.03. The molecule has 2 heterocycles. The lowest BCUT2D eigenvalue weighted by Gasteiger charge is -2.34. The van der Waals surface area contributed by atoms with E-state index in [9.17, 15) is 4.79 Å². The van der Waals surface area contributed by atoms with Gasteiger partial charge in [-0.15, -0.1) is 0 Å². The van der Waals surface area contributed by atoms with E-state index in [-0.39, 0.29) is 5.91 Å². The summed E-state index contributed by atoms with van der Waals surface area (Å²) < 4.78 is 0. The zero-order valence-electron chi connectivity index (χ0n) is 18.4. The molecule has 0 aromatic carbocycles. The van der Waals surface area contributed by atoms with Gasteiger partial charge in [-0.2, -0.15) is 0 Å². The fourth-order valence-corrected chi connectivity index (χ4v) is 4.10. The number of unbranched alkanes of at least 4 members (excludes halogenated alkanes) is 1. The van der Waals surface area contributed by atoms with E-state index in [0.29, 0.717) is 12.3 Å². The highest BCUT2D eigenvalue weighted by Crippen LogP contribution is 2.20. The van der Waals surface area contributed by atoms with Gasteiger partial charge in [0.15, 0.2) is 5.96 Å². The Kier molecular flexibility index (Phi) is 10.6. The zero-order valence-corrected chi connectivity index (χ0v) is 18.4. The number of likely N-dealkylation sites (tertiary alicyclic amines) is 1. The normalized spacial score (nSPS) is 20.4. The van der Waals surface area contributed by atoms with Crippen LogP contribution in [0.3, 0.4) is 0 Å². The molecular weight excluding hydrogens is 352 g/mol. The van der Waals surface area contributed by atoms with Gasteiger partial charge in [0.05, 0.1) is 0 Å². The lowest BCUT2D eigenvalue weighted by molar-refractivity contribution is -0.121. The minimum atomic E-state index is 0.162. The molecule has 2 rings (SSSR count). The van der Waals surface area contributed by atoms with E-state index in [4.69, 9.17) is 4.99 Å². The van der Waals surface area contributed by atoms with E-state index in [1.165, 1.54) is 45.7 Å². The molecule has 28 heavy (non-hydrogen) atoms. The summed E-state index contributed by atoms with van der Waals surface area (Å²) in [6.45, 7) is 15.4. The van der Waals surface area contributed by atoms with E-state index in [2.05, 4.69) is 39.2 Å². The van der Waals surface area contributed by atoms with Crippen LogP contribution in [0.25, 0.3) is 0 Å². The number of aliphatic imine (C=N–C) groups is 1. The van der Waals surface area contributed by atoms with E-state index in [1.54, 1.807) is 7.05 Å². The molecule has 2 fully saturated rings. The number of amides is 1. The van der Waals surface area contributed by atoms with Crippen molar-refractivity contribution in [2.45, 2.75) is 46.0 Å². The first-order valence-corrected chi connectivity index (χ1v) is 11.3. The smallest absolute Gasteiger partial charge is 0.220 e. The van der Waals surface area contributed by atoms with Gasteiger partial charge in [0.25, 0.3) is 0 Å². The number of likely N-dealkylation sites (N-methyl/N-ethyl adjacent to an activating group) is 1. The number of carbonyl (C=O) groups is 1. The van der Waals surface area contributed by atoms with Crippen LogP contribution < -0.4 is 10.6 Å². The second-order valence-electron chi connectivity index (χ2n) is 8.03. The van der Waals surface area contributed by atoms with Crippen LogP contribution >= 0.6 is 0 Å². The van der Waals surface area contributed by atoms with Crippen LogP contribution in [-0.4, -0.2) is 99.1 Å². The van der Waals surface area contributed by atoms with Crippen LogP contribution in [0.4, 0.5) is 0 Å². The number of piperazine rings is 1. The molecule has 2 N–H and O–H groups in total. The van der Waals surface area contributed by atoms with E-state index in [0.717, 1.165) is 51.4 Å². The van der Waals surface area contributed by atoms with Crippen molar-refractivity contribution in [1.29, 1.82) is 0 Å². The molecule has 1 amide bonds. The monoisotopic (exact) mass is 394 g/mol. The number of rotatable bonds is 9. The van der Waals surface area contributed by atoms with E-state index in [1.807, 2.05) is 0 Å². The molecule has 2 aliphatic rings. The summed E-state index contributed by atoms with van der Waals surface area (Å²) in [5.41, 5.74) is 0. The quantitative estimate of drug-likeness (QED) is 0.350. The summed E-state index contributed by atoms with van der Waals surface area (Å²) in [5, 5.41) is 6.19. The maximum atomic E-state index is 11.6. The highest BCUT2D eigenvalue weighted by atomic mass is 16.1. The van der Waals surface area contributed by atoms with Crippen molar-refractivity contribution < 1.29 is 4.79 Å². The summed E-state index contributed by atoms with van der Waals surface area (Å²) in [6, 6.07) is 0. The Morgan fingerprint density at radius 1 is 1.00 bits per heavy atom. The summed E-state index contributed by atoms with van der Waals surface area (Å²) in [7, 11) is 1.72.